The third-order valence-electron chi connectivity index (χ3n) is 4.54. The van der Waals surface area contributed by atoms with Gasteiger partial charge in [-0.15, -0.1) is 0 Å². The molecule has 0 aliphatic rings. The number of rotatable bonds is 4. The van der Waals surface area contributed by atoms with Crippen LogP contribution in [-0.4, -0.2) is 25.0 Å². The first-order valence-electron chi connectivity index (χ1n) is 8.76. The van der Waals surface area contributed by atoms with E-state index in [9.17, 15) is 25.2 Å². The Morgan fingerprint density at radius 3 is 1.83 bits per heavy atom. The van der Waals surface area contributed by atoms with Crippen LogP contribution in [0.4, 0.5) is 0 Å². The predicted octanol–water partition coefficient (Wildman–Crippen LogP) is 2.37. The Kier molecular flexibility index (Phi) is 5.40. The molecule has 0 aliphatic carbocycles. The van der Waals surface area contributed by atoms with Crippen LogP contribution in [0.5, 0.6) is 23.0 Å². The summed E-state index contributed by atoms with van der Waals surface area (Å²) in [5, 5.41) is 38.6. The van der Waals surface area contributed by atoms with Gasteiger partial charge < -0.3 is 20.4 Å². The summed E-state index contributed by atoms with van der Waals surface area (Å²) in [6.07, 6.45) is 6.65. The van der Waals surface area contributed by atoms with E-state index in [-0.39, 0.29) is 28.7 Å². The second-order valence-corrected chi connectivity index (χ2v) is 6.55. The third kappa shape index (κ3) is 4.30. The van der Waals surface area contributed by atoms with Crippen molar-refractivity contribution in [2.75, 3.05) is 0 Å². The summed E-state index contributed by atoms with van der Waals surface area (Å²) >= 11 is 0. The topological polar surface area (TPSA) is 107 Å². The van der Waals surface area contributed by atoms with Crippen molar-refractivity contribution in [3.8, 4) is 23.0 Å². The van der Waals surface area contributed by atoms with Crippen LogP contribution in [0.25, 0.3) is 24.3 Å². The van der Waals surface area contributed by atoms with Gasteiger partial charge >= 0.3 is 5.69 Å². The molecule has 0 atom stereocenters. The van der Waals surface area contributed by atoms with Crippen molar-refractivity contribution in [3.63, 3.8) is 0 Å². The lowest BCUT2D eigenvalue weighted by Gasteiger charge is -2.04. The first kappa shape index (κ1) is 19.8. The number of aromatic nitrogens is 2. The maximum atomic E-state index is 12.5. The van der Waals surface area contributed by atoms with Crippen molar-refractivity contribution >= 4 is 24.3 Å². The molecule has 29 heavy (non-hydrogen) atoms. The van der Waals surface area contributed by atoms with Gasteiger partial charge in [-0.2, -0.15) is 13.9 Å². The van der Waals surface area contributed by atoms with Crippen molar-refractivity contribution in [2.24, 2.45) is 14.1 Å². The molecule has 7 heteroatoms. The molecular formula is C22H21N2O5+. The normalized spacial score (nSPS) is 11.5. The van der Waals surface area contributed by atoms with Crippen molar-refractivity contribution in [3.05, 3.63) is 75.5 Å². The Balaban J connectivity index is 1.99. The molecule has 4 N–H and O–H groups in total. The molecule has 3 aromatic rings. The lowest BCUT2D eigenvalue weighted by Crippen LogP contribution is -2.53. The summed E-state index contributed by atoms with van der Waals surface area (Å²) in [4.78, 5) is 12.5. The first-order valence-corrected chi connectivity index (χ1v) is 8.76. The summed E-state index contributed by atoms with van der Waals surface area (Å²) in [5.74, 6) is -0.223. The maximum absolute atomic E-state index is 12.5. The molecule has 0 aliphatic heterocycles. The highest BCUT2D eigenvalue weighted by Crippen LogP contribution is 2.25. The fourth-order valence-electron chi connectivity index (χ4n) is 2.81. The van der Waals surface area contributed by atoms with E-state index in [1.807, 2.05) is 0 Å². The van der Waals surface area contributed by atoms with Crippen molar-refractivity contribution in [1.29, 1.82) is 0 Å². The summed E-state index contributed by atoms with van der Waals surface area (Å²) < 4.78 is 2.92. The number of hydrogen-bond donors (Lipinski definition) is 4. The molecule has 0 radical (unpaired) electrons. The lowest BCUT2D eigenvalue weighted by molar-refractivity contribution is -0.692. The Hall–Kier alpha value is -4.00. The van der Waals surface area contributed by atoms with Gasteiger partial charge in [0.25, 0.3) is 0 Å². The largest absolute Gasteiger partial charge is 0.508 e. The van der Waals surface area contributed by atoms with E-state index >= 15 is 0 Å². The average Bonchev–Trinajstić information content (AvgIpc) is 2.67. The molecule has 0 amide bonds. The fraction of sp³-hybridized carbons (Fsp3) is 0.0909. The number of benzene rings is 2. The highest BCUT2D eigenvalue weighted by molar-refractivity contribution is 5.74. The van der Waals surface area contributed by atoms with E-state index < -0.39 is 0 Å². The highest BCUT2D eigenvalue weighted by Gasteiger charge is 2.13. The van der Waals surface area contributed by atoms with E-state index in [2.05, 4.69) is 0 Å². The molecule has 1 aromatic heterocycles. The van der Waals surface area contributed by atoms with Gasteiger partial charge in [-0.1, -0.05) is 0 Å². The second kappa shape index (κ2) is 7.93. The summed E-state index contributed by atoms with van der Waals surface area (Å²) in [6, 6.07) is 10.3. The maximum Gasteiger partial charge on any atom is 0.498 e. The van der Waals surface area contributed by atoms with Gasteiger partial charge in [0, 0.05) is 29.3 Å². The minimum atomic E-state index is -0.253. The zero-order valence-corrected chi connectivity index (χ0v) is 15.9. The molecule has 0 saturated carbocycles. The Labute approximate surface area is 167 Å². The van der Waals surface area contributed by atoms with Gasteiger partial charge in [-0.3, -0.25) is 0 Å². The van der Waals surface area contributed by atoms with Gasteiger partial charge in [-0.25, -0.2) is 0 Å². The second-order valence-electron chi connectivity index (χ2n) is 6.55. The minimum absolute atomic E-state index is 0.0382. The first-order chi connectivity index (χ1) is 13.8. The monoisotopic (exact) mass is 393 g/mol. The smallest absolute Gasteiger partial charge is 0.498 e. The number of phenolic OH excluding ortho intramolecular Hbond substituents is 4. The van der Waals surface area contributed by atoms with Gasteiger partial charge in [0.1, 0.15) is 34.4 Å². The number of hydrogen-bond acceptors (Lipinski definition) is 5. The van der Waals surface area contributed by atoms with Crippen molar-refractivity contribution < 1.29 is 25.0 Å². The third-order valence-corrected chi connectivity index (χ3v) is 4.54. The van der Waals surface area contributed by atoms with E-state index in [1.165, 1.54) is 33.4 Å². The zero-order chi connectivity index (χ0) is 21.1. The van der Waals surface area contributed by atoms with Crippen LogP contribution in [0, 0.1) is 0 Å². The summed E-state index contributed by atoms with van der Waals surface area (Å²) in [7, 11) is 3.27. The van der Waals surface area contributed by atoms with E-state index in [1.54, 1.807) is 56.6 Å². The van der Waals surface area contributed by atoms with Crippen LogP contribution in [0.3, 0.4) is 0 Å². The van der Waals surface area contributed by atoms with Gasteiger partial charge in [-0.05, 0) is 48.6 Å². The quantitative estimate of drug-likeness (QED) is 0.509. The molecule has 7 nitrogen and oxygen atoms in total. The van der Waals surface area contributed by atoms with E-state index in [0.29, 0.717) is 22.5 Å². The Morgan fingerprint density at radius 1 is 0.793 bits per heavy atom. The van der Waals surface area contributed by atoms with Crippen molar-refractivity contribution in [2.45, 2.75) is 0 Å². The van der Waals surface area contributed by atoms with Crippen LogP contribution in [0.1, 0.15) is 22.5 Å². The molecule has 148 valence electrons. The van der Waals surface area contributed by atoms with E-state index in [0.717, 1.165) is 0 Å². The number of aromatic hydroxyl groups is 4. The van der Waals surface area contributed by atoms with Gasteiger partial charge in [0.15, 0.2) is 0 Å². The highest BCUT2D eigenvalue weighted by atomic mass is 16.3. The van der Waals surface area contributed by atoms with E-state index in [4.69, 9.17) is 0 Å². The standard InChI is InChI=1S/C22H20N2O5/c1-23-16(7-3-14-5-9-18(25)12-20(14)27)11-17(24(2)22(23)29)8-4-15-6-10-19(26)13-21(15)28/h3-13H,1-2H3,(H3,25,26,27,28)/p+1. The lowest BCUT2D eigenvalue weighted by atomic mass is 10.1. The van der Waals surface area contributed by atoms with Crippen LogP contribution in [0.15, 0.2) is 47.3 Å². The van der Waals surface area contributed by atoms with Crippen molar-refractivity contribution in [1.82, 2.24) is 4.57 Å². The predicted molar refractivity (Wildman–Crippen MR) is 110 cm³/mol. The van der Waals surface area contributed by atoms with Crippen LogP contribution in [-0.2, 0) is 14.1 Å². The number of nitrogens with zero attached hydrogens (tertiary/aromatic N) is 2. The molecular weight excluding hydrogens is 372 g/mol. The molecule has 0 unspecified atom stereocenters. The minimum Gasteiger partial charge on any atom is -0.508 e. The molecule has 0 bridgehead atoms. The number of phenols is 4. The molecule has 1 heterocycles. The fourth-order valence-corrected chi connectivity index (χ4v) is 2.81. The van der Waals surface area contributed by atoms with Gasteiger partial charge in [0.05, 0.1) is 14.1 Å². The molecule has 0 spiro atoms. The molecule has 2 aromatic carbocycles. The van der Waals surface area contributed by atoms with Gasteiger partial charge in [0.2, 0.25) is 0 Å². The summed E-state index contributed by atoms with van der Waals surface area (Å²) in [6.45, 7) is 0. The zero-order valence-electron chi connectivity index (χ0n) is 15.9. The SMILES string of the molecule is Cn1c(C=Cc2ccc(O)cc2O)cc(C=Cc2ccc(O)cc2O)[n+](C)c1=O. The molecule has 0 fully saturated rings. The van der Waals surface area contributed by atoms with Crippen LogP contribution in [0.2, 0.25) is 0 Å². The molecule has 3 rings (SSSR count). The Morgan fingerprint density at radius 2 is 1.31 bits per heavy atom. The average molecular weight is 393 g/mol. The van der Waals surface area contributed by atoms with Crippen LogP contribution >= 0.6 is 0 Å². The molecule has 0 saturated heterocycles. The Bertz CT molecular complexity index is 1100. The van der Waals surface area contributed by atoms with Crippen LogP contribution < -0.4 is 10.3 Å². The summed E-state index contributed by atoms with van der Waals surface area (Å²) in [5.41, 5.74) is 1.92.